The van der Waals surface area contributed by atoms with E-state index >= 15 is 0 Å². The number of ether oxygens (including phenoxy) is 1. The van der Waals surface area contributed by atoms with Gasteiger partial charge >= 0.3 is 0 Å². The summed E-state index contributed by atoms with van der Waals surface area (Å²) >= 11 is 1.92. The van der Waals surface area contributed by atoms with E-state index in [1.807, 2.05) is 30.0 Å². The molecule has 3 heteroatoms. The molecule has 2 rings (SSSR count). The Morgan fingerprint density at radius 1 is 1.33 bits per heavy atom. The quantitative estimate of drug-likeness (QED) is 0.830. The van der Waals surface area contributed by atoms with Crippen molar-refractivity contribution in [1.29, 1.82) is 0 Å². The molecule has 1 N–H and O–H groups in total. The smallest absolute Gasteiger partial charge is 0.122 e. The third-order valence-electron chi connectivity index (χ3n) is 2.48. The van der Waals surface area contributed by atoms with Crippen LogP contribution in [0.2, 0.25) is 0 Å². The summed E-state index contributed by atoms with van der Waals surface area (Å²) in [6, 6.07) is 8.13. The van der Waals surface area contributed by atoms with Gasteiger partial charge in [-0.1, -0.05) is 18.2 Å². The molecule has 0 amide bonds. The summed E-state index contributed by atoms with van der Waals surface area (Å²) in [5.41, 5.74) is 1.21. The van der Waals surface area contributed by atoms with Crippen molar-refractivity contribution in [2.24, 2.45) is 0 Å². The van der Waals surface area contributed by atoms with Gasteiger partial charge in [-0.05, 0) is 24.5 Å². The van der Waals surface area contributed by atoms with Gasteiger partial charge in [0.15, 0.2) is 0 Å². The summed E-state index contributed by atoms with van der Waals surface area (Å²) in [7, 11) is 0. The van der Waals surface area contributed by atoms with Crippen LogP contribution in [-0.4, -0.2) is 29.3 Å². The molecule has 0 aromatic heterocycles. The second-order valence-electron chi connectivity index (χ2n) is 3.71. The van der Waals surface area contributed by atoms with Crippen LogP contribution in [0.5, 0.6) is 5.75 Å². The van der Waals surface area contributed by atoms with Gasteiger partial charge in [0.05, 0.1) is 0 Å². The van der Waals surface area contributed by atoms with Crippen LogP contribution in [0.15, 0.2) is 24.3 Å². The Kier molecular flexibility index (Phi) is 3.92. The first kappa shape index (κ1) is 10.8. The minimum atomic E-state index is 0.244. The van der Waals surface area contributed by atoms with Crippen LogP contribution in [0.4, 0.5) is 0 Å². The number of aryl methyl sites for hydroxylation is 1. The summed E-state index contributed by atoms with van der Waals surface area (Å²) in [4.78, 5) is 0. The number of aliphatic hydroxyl groups is 1. The van der Waals surface area contributed by atoms with Crippen LogP contribution >= 0.6 is 11.8 Å². The number of aliphatic hydroxyl groups excluding tert-OH is 1. The first-order chi connectivity index (χ1) is 7.40. The predicted molar refractivity (Wildman–Crippen MR) is 63.6 cm³/mol. The van der Waals surface area contributed by atoms with E-state index in [4.69, 9.17) is 9.84 Å². The van der Waals surface area contributed by atoms with Crippen LogP contribution < -0.4 is 4.74 Å². The van der Waals surface area contributed by atoms with E-state index in [1.165, 1.54) is 5.56 Å². The topological polar surface area (TPSA) is 29.5 Å². The molecule has 0 unspecified atom stereocenters. The van der Waals surface area contributed by atoms with Gasteiger partial charge in [0.2, 0.25) is 0 Å². The second kappa shape index (κ2) is 5.42. The van der Waals surface area contributed by atoms with E-state index < -0.39 is 0 Å². The van der Waals surface area contributed by atoms with Crippen molar-refractivity contribution in [3.63, 3.8) is 0 Å². The standard InChI is InChI=1S/C12H16O2S/c13-7-3-5-10-4-1-2-6-12(10)14-11-8-15-9-11/h1-2,4,6,11,13H,3,5,7-9H2. The van der Waals surface area contributed by atoms with Gasteiger partial charge in [-0.15, -0.1) is 0 Å². The largest absolute Gasteiger partial charge is 0.488 e. The summed E-state index contributed by atoms with van der Waals surface area (Å²) in [5.74, 6) is 3.21. The normalized spacial score (nSPS) is 16.1. The van der Waals surface area contributed by atoms with Gasteiger partial charge in [0, 0.05) is 18.1 Å². The monoisotopic (exact) mass is 224 g/mol. The minimum absolute atomic E-state index is 0.244. The molecule has 0 spiro atoms. The molecule has 0 saturated carbocycles. The van der Waals surface area contributed by atoms with Crippen molar-refractivity contribution >= 4 is 11.8 Å². The SMILES string of the molecule is OCCCc1ccccc1OC1CSC1. The molecular weight excluding hydrogens is 208 g/mol. The van der Waals surface area contributed by atoms with E-state index in [0.29, 0.717) is 6.10 Å². The molecule has 0 aliphatic carbocycles. The second-order valence-corrected chi connectivity index (χ2v) is 4.79. The highest BCUT2D eigenvalue weighted by Crippen LogP contribution is 2.26. The average Bonchev–Trinajstić information content (AvgIpc) is 2.22. The van der Waals surface area contributed by atoms with Gasteiger partial charge in [0.25, 0.3) is 0 Å². The zero-order chi connectivity index (χ0) is 10.5. The van der Waals surface area contributed by atoms with Crippen LogP contribution in [0.1, 0.15) is 12.0 Å². The van der Waals surface area contributed by atoms with Crippen molar-refractivity contribution in [1.82, 2.24) is 0 Å². The van der Waals surface area contributed by atoms with E-state index in [-0.39, 0.29) is 6.61 Å². The van der Waals surface area contributed by atoms with Crippen molar-refractivity contribution in [2.45, 2.75) is 18.9 Å². The zero-order valence-electron chi connectivity index (χ0n) is 8.69. The molecule has 2 nitrogen and oxygen atoms in total. The first-order valence-corrected chi connectivity index (χ1v) is 6.49. The Morgan fingerprint density at radius 3 is 2.80 bits per heavy atom. The molecule has 82 valence electrons. The van der Waals surface area contributed by atoms with Crippen LogP contribution in [0.25, 0.3) is 0 Å². The van der Waals surface area contributed by atoms with E-state index in [1.54, 1.807) is 0 Å². The maximum atomic E-state index is 8.81. The first-order valence-electron chi connectivity index (χ1n) is 5.33. The van der Waals surface area contributed by atoms with Crippen LogP contribution in [-0.2, 0) is 6.42 Å². The molecule has 0 bridgehead atoms. The van der Waals surface area contributed by atoms with Crippen molar-refractivity contribution in [2.75, 3.05) is 18.1 Å². The van der Waals surface area contributed by atoms with Gasteiger partial charge in [0.1, 0.15) is 11.9 Å². The summed E-state index contributed by atoms with van der Waals surface area (Å²) in [6.45, 7) is 0.244. The number of rotatable bonds is 5. The van der Waals surface area contributed by atoms with Crippen LogP contribution in [0.3, 0.4) is 0 Å². The molecule has 1 fully saturated rings. The maximum Gasteiger partial charge on any atom is 0.122 e. The lowest BCUT2D eigenvalue weighted by atomic mass is 10.1. The third-order valence-corrected chi connectivity index (χ3v) is 3.69. The highest BCUT2D eigenvalue weighted by molar-refractivity contribution is 8.00. The highest BCUT2D eigenvalue weighted by atomic mass is 32.2. The molecule has 0 atom stereocenters. The lowest BCUT2D eigenvalue weighted by Crippen LogP contribution is -2.31. The molecule has 1 aliphatic heterocycles. The molecular formula is C12H16O2S. The van der Waals surface area contributed by atoms with Gasteiger partial charge in [-0.25, -0.2) is 0 Å². The molecule has 1 aromatic carbocycles. The Labute approximate surface area is 94.6 Å². The number of para-hydroxylation sites is 1. The fraction of sp³-hybridized carbons (Fsp3) is 0.500. The fourth-order valence-electron chi connectivity index (χ4n) is 1.56. The number of thioether (sulfide) groups is 1. The summed E-state index contributed by atoms with van der Waals surface area (Å²) in [6.07, 6.45) is 2.09. The zero-order valence-corrected chi connectivity index (χ0v) is 9.50. The summed E-state index contributed by atoms with van der Waals surface area (Å²) < 4.78 is 5.88. The Hall–Kier alpha value is -0.670. The molecule has 0 radical (unpaired) electrons. The average molecular weight is 224 g/mol. The molecule has 1 heterocycles. The Balaban J connectivity index is 1.99. The number of benzene rings is 1. The Morgan fingerprint density at radius 2 is 2.13 bits per heavy atom. The van der Waals surface area contributed by atoms with Gasteiger partial charge in [-0.2, -0.15) is 11.8 Å². The fourth-order valence-corrected chi connectivity index (χ4v) is 2.12. The van der Waals surface area contributed by atoms with Crippen molar-refractivity contribution in [3.05, 3.63) is 29.8 Å². The predicted octanol–water partition coefficient (Wildman–Crippen LogP) is 2.11. The van der Waals surface area contributed by atoms with E-state index in [0.717, 1.165) is 30.1 Å². The lowest BCUT2D eigenvalue weighted by molar-refractivity contribution is 0.236. The van der Waals surface area contributed by atoms with Crippen molar-refractivity contribution in [3.8, 4) is 5.75 Å². The lowest BCUT2D eigenvalue weighted by Gasteiger charge is -2.27. The summed E-state index contributed by atoms with van der Waals surface area (Å²) in [5, 5.41) is 8.81. The van der Waals surface area contributed by atoms with Crippen molar-refractivity contribution < 1.29 is 9.84 Å². The van der Waals surface area contributed by atoms with Gasteiger partial charge in [-0.3, -0.25) is 0 Å². The molecule has 1 aliphatic rings. The minimum Gasteiger partial charge on any atom is -0.488 e. The van der Waals surface area contributed by atoms with E-state index in [2.05, 4.69) is 6.07 Å². The molecule has 1 saturated heterocycles. The number of hydrogen-bond acceptors (Lipinski definition) is 3. The molecule has 1 aromatic rings. The Bertz CT molecular complexity index is 310. The highest BCUT2D eigenvalue weighted by Gasteiger charge is 2.20. The maximum absolute atomic E-state index is 8.81. The van der Waals surface area contributed by atoms with E-state index in [9.17, 15) is 0 Å². The van der Waals surface area contributed by atoms with Gasteiger partial charge < -0.3 is 9.84 Å². The number of hydrogen-bond donors (Lipinski definition) is 1. The van der Waals surface area contributed by atoms with Crippen LogP contribution in [0, 0.1) is 0 Å². The third kappa shape index (κ3) is 2.89. The molecule has 15 heavy (non-hydrogen) atoms.